The number of benzene rings is 2. The van der Waals surface area contributed by atoms with Crippen molar-refractivity contribution in [2.24, 2.45) is 5.92 Å². The third-order valence-corrected chi connectivity index (χ3v) is 7.80. The lowest BCUT2D eigenvalue weighted by atomic mass is 9.93. The summed E-state index contributed by atoms with van der Waals surface area (Å²) in [6, 6.07) is 15.3. The normalized spacial score (nSPS) is 23.8. The summed E-state index contributed by atoms with van der Waals surface area (Å²) in [5.74, 6) is -1.55. The van der Waals surface area contributed by atoms with Gasteiger partial charge in [0.15, 0.2) is 0 Å². The molecule has 2 amide bonds. The summed E-state index contributed by atoms with van der Waals surface area (Å²) in [5.41, 5.74) is 4.64. The summed E-state index contributed by atoms with van der Waals surface area (Å²) >= 11 is 0. The highest BCUT2D eigenvalue weighted by molar-refractivity contribution is 5.86. The van der Waals surface area contributed by atoms with Gasteiger partial charge in [-0.3, -0.25) is 4.79 Å². The molecule has 2 aromatic rings. The van der Waals surface area contributed by atoms with Gasteiger partial charge >= 0.3 is 12.1 Å². The molecule has 2 fully saturated rings. The first-order valence-electron chi connectivity index (χ1n) is 12.7. The molecule has 3 aliphatic rings. The van der Waals surface area contributed by atoms with E-state index in [0.717, 1.165) is 30.4 Å². The molecule has 0 spiro atoms. The van der Waals surface area contributed by atoms with Crippen molar-refractivity contribution in [1.29, 1.82) is 0 Å². The summed E-state index contributed by atoms with van der Waals surface area (Å²) in [4.78, 5) is 39.4. The Morgan fingerprint density at radius 2 is 1.54 bits per heavy atom. The fourth-order valence-electron chi connectivity index (χ4n) is 6.07. The molecule has 0 bridgehead atoms. The van der Waals surface area contributed by atoms with Crippen LogP contribution < -0.4 is 5.32 Å². The summed E-state index contributed by atoms with van der Waals surface area (Å²) in [5, 5.41) is 12.5. The third kappa shape index (κ3) is 4.64. The lowest BCUT2D eigenvalue weighted by Gasteiger charge is -2.31. The van der Waals surface area contributed by atoms with Crippen LogP contribution in [-0.4, -0.2) is 53.2 Å². The predicted molar refractivity (Wildman–Crippen MR) is 131 cm³/mol. The van der Waals surface area contributed by atoms with Crippen molar-refractivity contribution in [3.63, 3.8) is 0 Å². The van der Waals surface area contributed by atoms with Crippen molar-refractivity contribution in [2.45, 2.75) is 62.9 Å². The van der Waals surface area contributed by atoms with Crippen LogP contribution in [0.4, 0.5) is 4.79 Å². The number of carboxylic acids is 1. The van der Waals surface area contributed by atoms with Gasteiger partial charge in [0.1, 0.15) is 12.6 Å². The van der Waals surface area contributed by atoms with Crippen LogP contribution in [0.15, 0.2) is 48.5 Å². The van der Waals surface area contributed by atoms with Crippen LogP contribution in [0.1, 0.15) is 62.0 Å². The molecule has 2 N–H and O–H groups in total. The lowest BCUT2D eigenvalue weighted by Crippen LogP contribution is -2.50. The Bertz CT molecular complexity index is 1070. The minimum atomic E-state index is -0.953. The summed E-state index contributed by atoms with van der Waals surface area (Å²) < 4.78 is 5.73. The number of nitrogens with one attached hydrogen (secondary N) is 1. The van der Waals surface area contributed by atoms with Gasteiger partial charge in [-0.25, -0.2) is 9.59 Å². The summed E-state index contributed by atoms with van der Waals surface area (Å²) in [6.07, 6.45) is 4.80. The quantitative estimate of drug-likeness (QED) is 0.618. The molecule has 1 unspecified atom stereocenters. The molecular formula is C28H32N2O5. The van der Waals surface area contributed by atoms with Crippen LogP contribution in [0.3, 0.4) is 0 Å². The fourth-order valence-corrected chi connectivity index (χ4v) is 6.07. The van der Waals surface area contributed by atoms with E-state index >= 15 is 0 Å². The van der Waals surface area contributed by atoms with Gasteiger partial charge in [-0.1, -0.05) is 67.8 Å². The van der Waals surface area contributed by atoms with Crippen LogP contribution in [0, 0.1) is 5.92 Å². The Labute approximate surface area is 205 Å². The molecule has 0 aromatic heterocycles. The van der Waals surface area contributed by atoms with Gasteiger partial charge in [0.2, 0.25) is 5.91 Å². The summed E-state index contributed by atoms with van der Waals surface area (Å²) in [7, 11) is 0. The van der Waals surface area contributed by atoms with Crippen molar-refractivity contribution in [1.82, 2.24) is 10.2 Å². The highest BCUT2D eigenvalue weighted by Crippen LogP contribution is 2.44. The van der Waals surface area contributed by atoms with Crippen molar-refractivity contribution in [3.05, 3.63) is 59.7 Å². The lowest BCUT2D eigenvalue weighted by molar-refractivity contribution is -0.150. The van der Waals surface area contributed by atoms with Crippen LogP contribution in [0.2, 0.25) is 0 Å². The Balaban J connectivity index is 1.26. The van der Waals surface area contributed by atoms with Gasteiger partial charge in [0.05, 0.1) is 5.92 Å². The van der Waals surface area contributed by atoms with Crippen molar-refractivity contribution in [3.8, 4) is 11.1 Å². The van der Waals surface area contributed by atoms with Gasteiger partial charge in [0.25, 0.3) is 0 Å². The molecule has 7 heteroatoms. The number of nitrogens with zero attached hydrogens (tertiary/aromatic N) is 1. The zero-order valence-electron chi connectivity index (χ0n) is 19.8. The van der Waals surface area contributed by atoms with Crippen LogP contribution in [0.5, 0.6) is 0 Å². The van der Waals surface area contributed by atoms with E-state index < -0.39 is 24.0 Å². The number of carboxylic acid groups (broad SMARTS) is 1. The predicted octanol–water partition coefficient (Wildman–Crippen LogP) is 4.55. The second-order valence-corrected chi connectivity index (χ2v) is 9.85. The van der Waals surface area contributed by atoms with Crippen molar-refractivity contribution < 1.29 is 24.2 Å². The van der Waals surface area contributed by atoms with Gasteiger partial charge in [-0.15, -0.1) is 0 Å². The van der Waals surface area contributed by atoms with Crippen molar-refractivity contribution in [2.75, 3.05) is 13.2 Å². The van der Waals surface area contributed by atoms with Crippen LogP contribution in [0.25, 0.3) is 11.1 Å². The summed E-state index contributed by atoms with van der Waals surface area (Å²) in [6.45, 7) is 0.683. The monoisotopic (exact) mass is 476 g/mol. The first-order chi connectivity index (χ1) is 17.0. The number of likely N-dealkylation sites (tertiary alicyclic amines) is 1. The van der Waals surface area contributed by atoms with Gasteiger partial charge in [0, 0.05) is 18.5 Å². The molecule has 2 aliphatic carbocycles. The number of aliphatic carboxylic acids is 1. The Morgan fingerprint density at radius 3 is 2.23 bits per heavy atom. The smallest absolute Gasteiger partial charge is 0.407 e. The average Bonchev–Trinajstić information content (AvgIpc) is 3.40. The Hall–Kier alpha value is -3.35. The minimum absolute atomic E-state index is 0.0272. The standard InChI is InChI=1S/C28H32N2O5/c31-26(30-16-8-15-25(30)27(32)33)22-13-2-1-3-14-24(22)29-28(34)35-17-23-20-11-6-4-9-18(20)19-10-5-7-12-21(19)23/h4-7,9-12,22-25H,1-3,8,13-17H2,(H,29,34)(H,32,33)/t22-,24+,25?/m1/s1. The van der Waals surface area contributed by atoms with E-state index in [-0.39, 0.29) is 24.5 Å². The topological polar surface area (TPSA) is 95.9 Å². The first-order valence-corrected chi connectivity index (χ1v) is 12.7. The van der Waals surface area contributed by atoms with Gasteiger partial charge < -0.3 is 20.1 Å². The van der Waals surface area contributed by atoms with Crippen LogP contribution in [-0.2, 0) is 14.3 Å². The molecule has 3 atom stereocenters. The molecule has 2 aromatic carbocycles. The molecule has 1 heterocycles. The first kappa shape index (κ1) is 23.4. The SMILES string of the molecule is O=C(N[C@H]1CCCCC[C@H]1C(=O)N1CCCC1C(=O)O)OCC1c2ccccc2-c2ccccc21. The Kier molecular flexibility index (Phi) is 6.75. The van der Waals surface area contributed by atoms with E-state index in [4.69, 9.17) is 4.74 Å². The third-order valence-electron chi connectivity index (χ3n) is 7.80. The zero-order valence-corrected chi connectivity index (χ0v) is 19.8. The molecule has 1 saturated carbocycles. The van der Waals surface area contributed by atoms with E-state index in [9.17, 15) is 19.5 Å². The molecular weight excluding hydrogens is 444 g/mol. The zero-order chi connectivity index (χ0) is 24.4. The van der Waals surface area contributed by atoms with Gasteiger partial charge in [-0.05, 0) is 47.9 Å². The molecule has 0 radical (unpaired) electrons. The maximum absolute atomic E-state index is 13.4. The van der Waals surface area contributed by atoms with E-state index in [1.165, 1.54) is 16.0 Å². The second-order valence-electron chi connectivity index (χ2n) is 9.85. The minimum Gasteiger partial charge on any atom is -0.480 e. The number of hydrogen-bond acceptors (Lipinski definition) is 4. The van der Waals surface area contributed by atoms with E-state index in [1.54, 1.807) is 0 Å². The largest absolute Gasteiger partial charge is 0.480 e. The Morgan fingerprint density at radius 1 is 0.886 bits per heavy atom. The van der Waals surface area contributed by atoms with Crippen LogP contribution >= 0.6 is 0 Å². The van der Waals surface area contributed by atoms with E-state index in [2.05, 4.69) is 29.6 Å². The van der Waals surface area contributed by atoms with Gasteiger partial charge in [-0.2, -0.15) is 0 Å². The maximum atomic E-state index is 13.4. The van der Waals surface area contributed by atoms with E-state index in [1.807, 2.05) is 24.3 Å². The van der Waals surface area contributed by atoms with Crippen molar-refractivity contribution >= 4 is 18.0 Å². The van der Waals surface area contributed by atoms with E-state index in [0.29, 0.717) is 32.2 Å². The number of ether oxygens (including phenoxy) is 1. The highest BCUT2D eigenvalue weighted by atomic mass is 16.5. The highest BCUT2D eigenvalue weighted by Gasteiger charge is 2.40. The number of carbonyl (C=O) groups excluding carboxylic acids is 2. The molecule has 35 heavy (non-hydrogen) atoms. The number of hydrogen-bond donors (Lipinski definition) is 2. The molecule has 184 valence electrons. The molecule has 5 rings (SSSR count). The number of rotatable bonds is 5. The second kappa shape index (κ2) is 10.1. The molecule has 1 aliphatic heterocycles. The number of fused-ring (bicyclic) bond motifs is 3. The average molecular weight is 477 g/mol. The number of amides is 2. The number of carbonyl (C=O) groups is 3. The number of alkyl carbamates (subject to hydrolysis) is 1. The molecule has 1 saturated heterocycles. The fraction of sp³-hybridized carbons (Fsp3) is 0.464. The molecule has 7 nitrogen and oxygen atoms in total. The maximum Gasteiger partial charge on any atom is 0.407 e.